The zero-order valence-corrected chi connectivity index (χ0v) is 7.89. The third-order valence-electron chi connectivity index (χ3n) is 2.71. The van der Waals surface area contributed by atoms with E-state index in [9.17, 15) is 0 Å². The molecular weight excluding hydrogens is 150 g/mol. The lowest BCUT2D eigenvalue weighted by atomic mass is 9.74. The average molecular weight is 167 g/mol. The number of likely N-dealkylation sites (N-methyl/N-ethyl adjacent to an activating group) is 1. The molecule has 0 aromatic heterocycles. The van der Waals surface area contributed by atoms with Gasteiger partial charge in [0.1, 0.15) is 0 Å². The van der Waals surface area contributed by atoms with E-state index in [1.807, 2.05) is 0 Å². The van der Waals surface area contributed by atoms with Gasteiger partial charge in [-0.3, -0.25) is 0 Å². The molecule has 12 heavy (non-hydrogen) atoms. The molecule has 1 N–H and O–H groups in total. The third kappa shape index (κ3) is 1.48. The van der Waals surface area contributed by atoms with Gasteiger partial charge in [-0.2, -0.15) is 0 Å². The van der Waals surface area contributed by atoms with Gasteiger partial charge in [0.15, 0.2) is 0 Å². The van der Waals surface area contributed by atoms with Gasteiger partial charge in [-0.05, 0) is 25.8 Å². The van der Waals surface area contributed by atoms with E-state index in [0.717, 1.165) is 19.4 Å². The summed E-state index contributed by atoms with van der Waals surface area (Å²) in [6.07, 6.45) is 8.85. The summed E-state index contributed by atoms with van der Waals surface area (Å²) in [5, 5.41) is 3.26. The molecule has 0 aliphatic heterocycles. The molecule has 1 saturated carbocycles. The highest BCUT2D eigenvalue weighted by atomic mass is 16.5. The SMILES string of the molecule is C#CC(NCC)C1(OC)CCC1. The van der Waals surface area contributed by atoms with Gasteiger partial charge < -0.3 is 10.1 Å². The van der Waals surface area contributed by atoms with Crippen molar-refractivity contribution in [3.8, 4) is 12.3 Å². The lowest BCUT2D eigenvalue weighted by molar-refractivity contribution is -0.0849. The number of hydrogen-bond acceptors (Lipinski definition) is 2. The van der Waals surface area contributed by atoms with E-state index in [1.54, 1.807) is 7.11 Å². The van der Waals surface area contributed by atoms with Crippen LogP contribution in [-0.4, -0.2) is 25.3 Å². The van der Waals surface area contributed by atoms with Crippen LogP contribution >= 0.6 is 0 Å². The number of ether oxygens (including phenoxy) is 1. The molecule has 0 bridgehead atoms. The molecule has 1 rings (SSSR count). The first-order valence-electron chi connectivity index (χ1n) is 4.53. The molecule has 1 unspecified atom stereocenters. The fraction of sp³-hybridized carbons (Fsp3) is 0.800. The summed E-state index contributed by atoms with van der Waals surface area (Å²) in [5.74, 6) is 2.76. The monoisotopic (exact) mass is 167 g/mol. The maximum absolute atomic E-state index is 5.47. The molecule has 1 aliphatic carbocycles. The first kappa shape index (κ1) is 9.57. The van der Waals surface area contributed by atoms with Crippen molar-refractivity contribution in [2.75, 3.05) is 13.7 Å². The van der Waals surface area contributed by atoms with Crippen molar-refractivity contribution in [3.63, 3.8) is 0 Å². The minimum absolute atomic E-state index is 0.0647. The van der Waals surface area contributed by atoms with Crippen molar-refractivity contribution in [2.45, 2.75) is 37.8 Å². The van der Waals surface area contributed by atoms with Gasteiger partial charge in [0.05, 0.1) is 11.6 Å². The summed E-state index contributed by atoms with van der Waals surface area (Å²) in [7, 11) is 1.75. The van der Waals surface area contributed by atoms with E-state index in [1.165, 1.54) is 6.42 Å². The zero-order chi connectivity index (χ0) is 9.03. The highest BCUT2D eigenvalue weighted by Gasteiger charge is 2.43. The molecule has 0 aromatic rings. The van der Waals surface area contributed by atoms with Crippen molar-refractivity contribution in [3.05, 3.63) is 0 Å². The Morgan fingerprint density at radius 3 is 2.58 bits per heavy atom. The highest BCUT2D eigenvalue weighted by molar-refractivity contribution is 5.13. The Hall–Kier alpha value is -0.520. The van der Waals surface area contributed by atoms with Crippen LogP contribution in [0.4, 0.5) is 0 Å². The van der Waals surface area contributed by atoms with Crippen LogP contribution in [0.15, 0.2) is 0 Å². The molecule has 0 heterocycles. The van der Waals surface area contributed by atoms with Crippen molar-refractivity contribution in [2.24, 2.45) is 0 Å². The fourth-order valence-electron chi connectivity index (χ4n) is 1.74. The van der Waals surface area contributed by atoms with Gasteiger partial charge in [0, 0.05) is 7.11 Å². The molecule has 0 radical (unpaired) electrons. The quantitative estimate of drug-likeness (QED) is 0.635. The van der Waals surface area contributed by atoms with E-state index in [0.29, 0.717) is 0 Å². The molecule has 1 fully saturated rings. The minimum atomic E-state index is -0.0647. The molecule has 2 nitrogen and oxygen atoms in total. The summed E-state index contributed by atoms with van der Waals surface area (Å²) < 4.78 is 5.47. The Balaban J connectivity index is 2.57. The summed E-state index contributed by atoms with van der Waals surface area (Å²) in [5.41, 5.74) is -0.0647. The molecule has 68 valence electrons. The number of methoxy groups -OCH3 is 1. The van der Waals surface area contributed by atoms with Gasteiger partial charge in [-0.1, -0.05) is 12.8 Å². The first-order chi connectivity index (χ1) is 5.79. The van der Waals surface area contributed by atoms with Crippen LogP contribution in [0.1, 0.15) is 26.2 Å². The van der Waals surface area contributed by atoms with Gasteiger partial charge in [-0.15, -0.1) is 6.42 Å². The van der Waals surface area contributed by atoms with Crippen molar-refractivity contribution in [1.82, 2.24) is 5.32 Å². The number of nitrogens with one attached hydrogen (secondary N) is 1. The Labute approximate surface area is 74.7 Å². The third-order valence-corrected chi connectivity index (χ3v) is 2.71. The van der Waals surface area contributed by atoms with E-state index >= 15 is 0 Å². The lowest BCUT2D eigenvalue weighted by Crippen LogP contribution is -2.55. The summed E-state index contributed by atoms with van der Waals surface area (Å²) in [6.45, 7) is 2.96. The predicted molar refractivity (Wildman–Crippen MR) is 49.9 cm³/mol. The smallest absolute Gasteiger partial charge is 0.0980 e. The van der Waals surface area contributed by atoms with Crippen LogP contribution in [0.25, 0.3) is 0 Å². The predicted octanol–water partition coefficient (Wildman–Crippen LogP) is 1.17. The Morgan fingerprint density at radius 2 is 2.33 bits per heavy atom. The van der Waals surface area contributed by atoms with E-state index in [-0.39, 0.29) is 11.6 Å². The Kier molecular flexibility index (Phi) is 3.13. The van der Waals surface area contributed by atoms with E-state index in [4.69, 9.17) is 11.2 Å². The van der Waals surface area contributed by atoms with Crippen LogP contribution in [0, 0.1) is 12.3 Å². The molecule has 1 aliphatic rings. The highest BCUT2D eigenvalue weighted by Crippen LogP contribution is 2.37. The Bertz CT molecular complexity index is 173. The average Bonchev–Trinajstić information content (AvgIpc) is 2.02. The Morgan fingerprint density at radius 1 is 1.67 bits per heavy atom. The van der Waals surface area contributed by atoms with Crippen LogP contribution in [0.5, 0.6) is 0 Å². The molecule has 0 amide bonds. The largest absolute Gasteiger partial charge is 0.376 e. The van der Waals surface area contributed by atoms with E-state index < -0.39 is 0 Å². The van der Waals surface area contributed by atoms with Gasteiger partial charge >= 0.3 is 0 Å². The first-order valence-corrected chi connectivity index (χ1v) is 4.53. The summed E-state index contributed by atoms with van der Waals surface area (Å²) in [6, 6.07) is 0.0845. The molecular formula is C10H17NO. The molecule has 0 saturated heterocycles. The topological polar surface area (TPSA) is 21.3 Å². The standard InChI is InChI=1S/C10H17NO/c1-4-9(11-5-2)10(12-3)7-6-8-10/h1,9,11H,5-8H2,2-3H3. The van der Waals surface area contributed by atoms with Crippen LogP contribution in [-0.2, 0) is 4.74 Å². The minimum Gasteiger partial charge on any atom is -0.376 e. The number of hydrogen-bond donors (Lipinski definition) is 1. The second kappa shape index (κ2) is 3.93. The maximum atomic E-state index is 5.47. The summed E-state index contributed by atoms with van der Waals surface area (Å²) >= 11 is 0. The lowest BCUT2D eigenvalue weighted by Gasteiger charge is -2.44. The van der Waals surface area contributed by atoms with E-state index in [2.05, 4.69) is 18.2 Å². The molecule has 2 heteroatoms. The van der Waals surface area contributed by atoms with Crippen LogP contribution < -0.4 is 5.32 Å². The molecule has 1 atom stereocenters. The van der Waals surface area contributed by atoms with Crippen molar-refractivity contribution < 1.29 is 4.74 Å². The number of rotatable bonds is 4. The number of terminal acetylenes is 1. The summed E-state index contributed by atoms with van der Waals surface area (Å²) in [4.78, 5) is 0. The molecule has 0 aromatic carbocycles. The van der Waals surface area contributed by atoms with Crippen molar-refractivity contribution in [1.29, 1.82) is 0 Å². The van der Waals surface area contributed by atoms with Gasteiger partial charge in [0.25, 0.3) is 0 Å². The fourth-order valence-corrected chi connectivity index (χ4v) is 1.74. The zero-order valence-electron chi connectivity index (χ0n) is 7.89. The van der Waals surface area contributed by atoms with Crippen LogP contribution in [0.3, 0.4) is 0 Å². The van der Waals surface area contributed by atoms with Gasteiger partial charge in [-0.25, -0.2) is 0 Å². The second-order valence-electron chi connectivity index (χ2n) is 3.28. The normalized spacial score (nSPS) is 22.4. The molecule has 0 spiro atoms. The van der Waals surface area contributed by atoms with Crippen LogP contribution in [0.2, 0.25) is 0 Å². The second-order valence-corrected chi connectivity index (χ2v) is 3.28. The van der Waals surface area contributed by atoms with Gasteiger partial charge in [0.2, 0.25) is 0 Å². The van der Waals surface area contributed by atoms with Crippen molar-refractivity contribution >= 4 is 0 Å². The maximum Gasteiger partial charge on any atom is 0.0980 e.